The van der Waals surface area contributed by atoms with Crippen molar-refractivity contribution in [1.29, 1.82) is 0 Å². The monoisotopic (exact) mass is 314 g/mol. The van der Waals surface area contributed by atoms with E-state index in [0.29, 0.717) is 23.0 Å². The molecule has 7 heteroatoms. The Morgan fingerprint density at radius 2 is 2.14 bits per heavy atom. The molecule has 1 N–H and O–H groups in total. The largest absolute Gasteiger partial charge is 0.486 e. The molecule has 0 amide bonds. The molecule has 0 bridgehead atoms. The quantitative estimate of drug-likeness (QED) is 0.579. The van der Waals surface area contributed by atoms with E-state index < -0.39 is 0 Å². The summed E-state index contributed by atoms with van der Waals surface area (Å²) in [4.78, 5) is 0. The predicted octanol–water partition coefficient (Wildman–Crippen LogP) is 3.30. The van der Waals surface area contributed by atoms with Crippen molar-refractivity contribution >= 4 is 18.4 Å². The van der Waals surface area contributed by atoms with Crippen LogP contribution in [0.3, 0.4) is 0 Å². The molecule has 0 saturated carbocycles. The first-order valence-corrected chi connectivity index (χ1v) is 7.08. The van der Waals surface area contributed by atoms with E-state index in [1.807, 2.05) is 49.4 Å². The molecular formula is C15H14N4O2S. The van der Waals surface area contributed by atoms with Crippen LogP contribution in [-0.4, -0.2) is 21.1 Å². The average molecular weight is 314 g/mol. The molecule has 22 heavy (non-hydrogen) atoms. The minimum Gasteiger partial charge on any atom is -0.486 e. The first-order chi connectivity index (χ1) is 10.7. The maximum Gasteiger partial charge on any atom is 0.216 e. The van der Waals surface area contributed by atoms with Gasteiger partial charge in [0.25, 0.3) is 0 Å². The van der Waals surface area contributed by atoms with Crippen LogP contribution in [0.2, 0.25) is 0 Å². The number of aromatic nitrogens is 3. The fourth-order valence-corrected chi connectivity index (χ4v) is 2.06. The number of nitrogens with one attached hydrogen (secondary N) is 1. The van der Waals surface area contributed by atoms with Gasteiger partial charge in [0.15, 0.2) is 0 Å². The highest BCUT2D eigenvalue weighted by atomic mass is 32.1. The van der Waals surface area contributed by atoms with Crippen LogP contribution in [0.5, 0.6) is 5.75 Å². The van der Waals surface area contributed by atoms with E-state index in [2.05, 4.69) is 15.3 Å². The van der Waals surface area contributed by atoms with Crippen LogP contribution >= 0.6 is 12.2 Å². The van der Waals surface area contributed by atoms with E-state index in [1.165, 1.54) is 4.68 Å². The normalized spacial score (nSPS) is 11.1. The summed E-state index contributed by atoms with van der Waals surface area (Å²) in [6.07, 6.45) is 1.59. The smallest absolute Gasteiger partial charge is 0.216 e. The van der Waals surface area contributed by atoms with Crippen molar-refractivity contribution in [2.75, 3.05) is 0 Å². The number of hydrogen-bond donors (Lipinski definition) is 1. The Morgan fingerprint density at radius 3 is 2.86 bits per heavy atom. The average Bonchev–Trinajstić information content (AvgIpc) is 3.12. The van der Waals surface area contributed by atoms with Gasteiger partial charge in [-0.25, -0.2) is 0 Å². The zero-order chi connectivity index (χ0) is 15.4. The molecule has 6 nitrogen and oxygen atoms in total. The molecule has 0 aliphatic rings. The second-order valence-corrected chi connectivity index (χ2v) is 4.92. The summed E-state index contributed by atoms with van der Waals surface area (Å²) in [5, 5.41) is 10.9. The lowest BCUT2D eigenvalue weighted by Gasteiger charge is -2.02. The maximum absolute atomic E-state index is 5.63. The van der Waals surface area contributed by atoms with Gasteiger partial charge < -0.3 is 9.15 Å². The summed E-state index contributed by atoms with van der Waals surface area (Å²) >= 11 is 5.07. The Hall–Kier alpha value is -2.67. The molecule has 0 fully saturated rings. The molecule has 1 aromatic carbocycles. The molecule has 0 aliphatic heterocycles. The molecule has 3 aromatic rings. The fourth-order valence-electron chi connectivity index (χ4n) is 1.83. The highest BCUT2D eigenvalue weighted by Crippen LogP contribution is 2.13. The van der Waals surface area contributed by atoms with E-state index in [1.54, 1.807) is 6.21 Å². The van der Waals surface area contributed by atoms with Crippen molar-refractivity contribution in [3.05, 3.63) is 64.6 Å². The minimum absolute atomic E-state index is 0.363. The number of para-hydroxylation sites is 1. The summed E-state index contributed by atoms with van der Waals surface area (Å²) in [6.45, 7) is 2.17. The van der Waals surface area contributed by atoms with Gasteiger partial charge in [-0.05, 0) is 43.4 Å². The molecular weight excluding hydrogens is 300 g/mol. The number of ether oxygens (including phenoxy) is 1. The van der Waals surface area contributed by atoms with Gasteiger partial charge in [-0.1, -0.05) is 18.2 Å². The Morgan fingerprint density at radius 1 is 1.32 bits per heavy atom. The van der Waals surface area contributed by atoms with Gasteiger partial charge in [0.05, 0.1) is 6.21 Å². The van der Waals surface area contributed by atoms with Crippen molar-refractivity contribution in [3.8, 4) is 5.75 Å². The van der Waals surface area contributed by atoms with E-state index in [-0.39, 0.29) is 0 Å². The topological polar surface area (TPSA) is 68.3 Å². The van der Waals surface area contributed by atoms with Crippen molar-refractivity contribution in [2.45, 2.75) is 13.5 Å². The van der Waals surface area contributed by atoms with E-state index >= 15 is 0 Å². The Balaban J connectivity index is 1.65. The van der Waals surface area contributed by atoms with Gasteiger partial charge in [0, 0.05) is 0 Å². The molecule has 0 atom stereocenters. The van der Waals surface area contributed by atoms with Crippen LogP contribution < -0.4 is 4.74 Å². The third kappa shape index (κ3) is 3.32. The molecule has 0 radical (unpaired) electrons. The molecule has 0 aliphatic carbocycles. The van der Waals surface area contributed by atoms with Gasteiger partial charge in [0.1, 0.15) is 29.7 Å². The Bertz CT molecular complexity index is 833. The van der Waals surface area contributed by atoms with Crippen molar-refractivity contribution < 1.29 is 9.15 Å². The van der Waals surface area contributed by atoms with E-state index in [9.17, 15) is 0 Å². The number of hydrogen-bond acceptors (Lipinski definition) is 5. The van der Waals surface area contributed by atoms with Crippen LogP contribution in [0.1, 0.15) is 17.3 Å². The maximum atomic E-state index is 5.63. The van der Waals surface area contributed by atoms with Gasteiger partial charge in [-0.2, -0.15) is 14.9 Å². The third-order valence-corrected chi connectivity index (χ3v) is 3.18. The predicted molar refractivity (Wildman–Crippen MR) is 84.6 cm³/mol. The number of H-pyrrole nitrogens is 1. The summed E-state index contributed by atoms with van der Waals surface area (Å²) in [5.74, 6) is 2.82. The van der Waals surface area contributed by atoms with Crippen LogP contribution in [-0.2, 0) is 6.61 Å². The van der Waals surface area contributed by atoms with Gasteiger partial charge in [0.2, 0.25) is 4.77 Å². The van der Waals surface area contributed by atoms with Crippen molar-refractivity contribution in [1.82, 2.24) is 14.9 Å². The second-order valence-electron chi connectivity index (χ2n) is 4.54. The molecule has 112 valence electrons. The molecule has 2 heterocycles. The van der Waals surface area contributed by atoms with Gasteiger partial charge in [-0.15, -0.1) is 0 Å². The number of benzene rings is 1. The molecule has 0 unspecified atom stereocenters. The molecule has 0 saturated heterocycles. The lowest BCUT2D eigenvalue weighted by atomic mass is 10.3. The summed E-state index contributed by atoms with van der Waals surface area (Å²) < 4.78 is 13.2. The highest BCUT2D eigenvalue weighted by molar-refractivity contribution is 7.71. The van der Waals surface area contributed by atoms with Crippen LogP contribution in [0.15, 0.2) is 52.0 Å². The summed E-state index contributed by atoms with van der Waals surface area (Å²) in [7, 11) is 0. The number of nitrogens with zero attached hydrogens (tertiary/aromatic N) is 3. The first kappa shape index (κ1) is 14.3. The molecule has 3 rings (SSSR count). The molecule has 0 spiro atoms. The van der Waals surface area contributed by atoms with Gasteiger partial charge in [-0.3, -0.25) is 5.10 Å². The van der Waals surface area contributed by atoms with Gasteiger partial charge >= 0.3 is 0 Å². The first-order valence-electron chi connectivity index (χ1n) is 6.67. The minimum atomic E-state index is 0.363. The van der Waals surface area contributed by atoms with Crippen molar-refractivity contribution in [2.24, 2.45) is 5.10 Å². The lowest BCUT2D eigenvalue weighted by Crippen LogP contribution is -1.94. The van der Waals surface area contributed by atoms with E-state index in [0.717, 1.165) is 11.5 Å². The zero-order valence-corrected chi connectivity index (χ0v) is 12.7. The van der Waals surface area contributed by atoms with Crippen molar-refractivity contribution in [3.63, 3.8) is 0 Å². The SMILES string of the molecule is Cc1n[nH]c(=S)n1/N=C/c1ccc(COc2ccccc2)o1. The Kier molecular flexibility index (Phi) is 4.15. The van der Waals surface area contributed by atoms with Crippen LogP contribution in [0.25, 0.3) is 0 Å². The number of aryl methyl sites for hydroxylation is 1. The Labute approximate surface area is 132 Å². The lowest BCUT2D eigenvalue weighted by molar-refractivity contribution is 0.270. The summed E-state index contributed by atoms with van der Waals surface area (Å²) in [5.41, 5.74) is 0. The highest BCUT2D eigenvalue weighted by Gasteiger charge is 2.02. The second kappa shape index (κ2) is 6.40. The zero-order valence-electron chi connectivity index (χ0n) is 11.9. The third-order valence-electron chi connectivity index (χ3n) is 2.92. The van der Waals surface area contributed by atoms with Crippen LogP contribution in [0, 0.1) is 11.7 Å². The summed E-state index contributed by atoms with van der Waals surface area (Å²) in [6, 6.07) is 13.3. The number of furan rings is 1. The van der Waals surface area contributed by atoms with Crippen LogP contribution in [0.4, 0.5) is 0 Å². The fraction of sp³-hybridized carbons (Fsp3) is 0.133. The molecule has 2 aromatic heterocycles. The number of rotatable bonds is 5. The standard InChI is InChI=1S/C15H14N4O2S/c1-11-17-18-15(22)19(11)16-9-13-7-8-14(21-13)10-20-12-5-3-2-4-6-12/h2-9H,10H2,1H3,(H,18,22)/b16-9+. The van der Waals surface area contributed by atoms with E-state index in [4.69, 9.17) is 21.4 Å². The number of aromatic amines is 1.